The summed E-state index contributed by atoms with van der Waals surface area (Å²) in [6, 6.07) is 15.5. The zero-order chi connectivity index (χ0) is 19.1. The summed E-state index contributed by atoms with van der Waals surface area (Å²) >= 11 is 1.42. The van der Waals surface area contributed by atoms with Gasteiger partial charge in [-0.15, -0.1) is 11.3 Å². The van der Waals surface area contributed by atoms with Crippen molar-refractivity contribution in [1.29, 1.82) is 0 Å². The molecule has 0 radical (unpaired) electrons. The van der Waals surface area contributed by atoms with E-state index in [1.54, 1.807) is 12.1 Å². The number of rotatable bonds is 8. The van der Waals surface area contributed by atoms with Crippen LogP contribution in [0.3, 0.4) is 0 Å². The number of benzene rings is 2. The largest absolute Gasteiger partial charge is 0.459 e. The minimum atomic E-state index is -2.87. The van der Waals surface area contributed by atoms with Crippen molar-refractivity contribution in [1.82, 2.24) is 4.98 Å². The molecule has 2 aromatic carbocycles. The number of esters is 1. The van der Waals surface area contributed by atoms with Gasteiger partial charge in [0, 0.05) is 11.1 Å². The molecule has 0 atom stereocenters. The average Bonchev–Trinajstić information content (AvgIpc) is 3.09. The maximum absolute atomic E-state index is 12.1. The lowest BCUT2D eigenvalue weighted by molar-refractivity contribution is -0.144. The molecule has 5 nitrogen and oxygen atoms in total. The zero-order valence-electron chi connectivity index (χ0n) is 14.1. The standard InChI is InChI=1S/C19H16F2N2O3S/c20-18(21)26-16-8-6-13(7-9-16)10-17(24)25-11-15-12-27-19(23-15)22-14-4-2-1-3-5-14/h1-9,12,18H,10-11H2,(H,22,23). The summed E-state index contributed by atoms with van der Waals surface area (Å²) < 4.78 is 33.7. The van der Waals surface area contributed by atoms with E-state index in [0.29, 0.717) is 16.4 Å². The van der Waals surface area contributed by atoms with Crippen molar-refractivity contribution in [3.05, 3.63) is 71.2 Å². The van der Waals surface area contributed by atoms with Gasteiger partial charge in [-0.05, 0) is 29.8 Å². The molecule has 3 aromatic rings. The molecule has 0 aliphatic carbocycles. The van der Waals surface area contributed by atoms with Crippen molar-refractivity contribution < 1.29 is 23.0 Å². The van der Waals surface area contributed by atoms with Gasteiger partial charge in [0.15, 0.2) is 5.13 Å². The number of carbonyl (C=O) groups excluding carboxylic acids is 1. The van der Waals surface area contributed by atoms with Crippen LogP contribution < -0.4 is 10.1 Å². The Hall–Kier alpha value is -3.00. The number of hydrogen-bond acceptors (Lipinski definition) is 6. The summed E-state index contributed by atoms with van der Waals surface area (Å²) in [4.78, 5) is 16.3. The second kappa shape index (κ2) is 9.09. The van der Waals surface area contributed by atoms with Crippen LogP contribution in [-0.2, 0) is 22.6 Å². The maximum Gasteiger partial charge on any atom is 0.387 e. The predicted molar refractivity (Wildman–Crippen MR) is 98.4 cm³/mol. The fraction of sp³-hybridized carbons (Fsp3) is 0.158. The van der Waals surface area contributed by atoms with Crippen molar-refractivity contribution >= 4 is 28.1 Å². The SMILES string of the molecule is O=C(Cc1ccc(OC(F)F)cc1)OCc1csc(Nc2ccccc2)n1. The van der Waals surface area contributed by atoms with E-state index in [2.05, 4.69) is 15.0 Å². The van der Waals surface area contributed by atoms with Crippen LogP contribution in [-0.4, -0.2) is 17.6 Å². The van der Waals surface area contributed by atoms with Gasteiger partial charge >= 0.3 is 12.6 Å². The van der Waals surface area contributed by atoms with Gasteiger partial charge in [-0.1, -0.05) is 30.3 Å². The highest BCUT2D eigenvalue weighted by Crippen LogP contribution is 2.21. The molecule has 0 aliphatic heterocycles. The molecule has 0 saturated heterocycles. The number of para-hydroxylation sites is 1. The molecule has 1 aromatic heterocycles. The van der Waals surface area contributed by atoms with E-state index in [1.165, 1.54) is 23.5 Å². The van der Waals surface area contributed by atoms with E-state index in [0.717, 1.165) is 5.69 Å². The number of carbonyl (C=O) groups is 1. The number of hydrogen-bond donors (Lipinski definition) is 1. The Morgan fingerprint density at radius 1 is 1.11 bits per heavy atom. The van der Waals surface area contributed by atoms with Crippen LogP contribution in [0.4, 0.5) is 19.6 Å². The normalized spacial score (nSPS) is 10.6. The van der Waals surface area contributed by atoms with Crippen molar-refractivity contribution in [3.63, 3.8) is 0 Å². The summed E-state index contributed by atoms with van der Waals surface area (Å²) in [5, 5.41) is 5.70. The molecule has 0 bridgehead atoms. The lowest BCUT2D eigenvalue weighted by Crippen LogP contribution is -2.08. The van der Waals surface area contributed by atoms with Crippen LogP contribution in [0.15, 0.2) is 60.0 Å². The predicted octanol–water partition coefficient (Wildman–Crippen LogP) is 4.77. The fourth-order valence-corrected chi connectivity index (χ4v) is 2.95. The first kappa shape index (κ1) is 18.8. The smallest absolute Gasteiger partial charge is 0.387 e. The van der Waals surface area contributed by atoms with Gasteiger partial charge in [0.05, 0.1) is 12.1 Å². The number of nitrogens with zero attached hydrogens (tertiary/aromatic N) is 1. The molecule has 0 spiro atoms. The van der Waals surface area contributed by atoms with Gasteiger partial charge in [0.1, 0.15) is 12.4 Å². The second-order valence-corrected chi connectivity index (χ2v) is 6.35. The molecule has 0 saturated carbocycles. The molecule has 0 fully saturated rings. The van der Waals surface area contributed by atoms with E-state index >= 15 is 0 Å². The zero-order valence-corrected chi connectivity index (χ0v) is 14.9. The van der Waals surface area contributed by atoms with Crippen LogP contribution in [0.1, 0.15) is 11.3 Å². The summed E-state index contributed by atoms with van der Waals surface area (Å²) in [6.45, 7) is -2.81. The number of anilines is 2. The van der Waals surface area contributed by atoms with Crippen molar-refractivity contribution in [2.75, 3.05) is 5.32 Å². The van der Waals surface area contributed by atoms with Crippen LogP contribution in [0.2, 0.25) is 0 Å². The Bertz CT molecular complexity index is 870. The topological polar surface area (TPSA) is 60.5 Å². The number of ether oxygens (including phenoxy) is 2. The summed E-state index contributed by atoms with van der Waals surface area (Å²) in [6.07, 6.45) is 0.0359. The minimum Gasteiger partial charge on any atom is -0.459 e. The van der Waals surface area contributed by atoms with E-state index < -0.39 is 12.6 Å². The summed E-state index contributed by atoms with van der Waals surface area (Å²) in [7, 11) is 0. The Kier molecular flexibility index (Phi) is 6.32. The summed E-state index contributed by atoms with van der Waals surface area (Å²) in [5.41, 5.74) is 2.22. The Morgan fingerprint density at radius 2 is 1.85 bits per heavy atom. The van der Waals surface area contributed by atoms with Gasteiger partial charge in [0.25, 0.3) is 0 Å². The highest BCUT2D eigenvalue weighted by molar-refractivity contribution is 7.13. The number of aromatic nitrogens is 1. The third-order valence-electron chi connectivity index (χ3n) is 3.45. The molecule has 27 heavy (non-hydrogen) atoms. The third kappa shape index (κ3) is 6.03. The first-order valence-electron chi connectivity index (χ1n) is 8.04. The maximum atomic E-state index is 12.1. The van der Waals surface area contributed by atoms with Gasteiger partial charge in [0.2, 0.25) is 0 Å². The number of halogens is 2. The molecular weight excluding hydrogens is 374 g/mol. The molecule has 0 amide bonds. The van der Waals surface area contributed by atoms with Crippen LogP contribution in [0.25, 0.3) is 0 Å². The molecule has 1 heterocycles. The van der Waals surface area contributed by atoms with Crippen molar-refractivity contribution in [2.45, 2.75) is 19.6 Å². The van der Waals surface area contributed by atoms with Gasteiger partial charge in [-0.25, -0.2) is 4.98 Å². The molecule has 140 valence electrons. The van der Waals surface area contributed by atoms with E-state index in [1.807, 2.05) is 35.7 Å². The number of nitrogens with one attached hydrogen (secondary N) is 1. The monoisotopic (exact) mass is 390 g/mol. The quantitative estimate of drug-likeness (QED) is 0.561. The lowest BCUT2D eigenvalue weighted by Gasteiger charge is -2.06. The highest BCUT2D eigenvalue weighted by Gasteiger charge is 2.09. The summed E-state index contributed by atoms with van der Waals surface area (Å²) in [5.74, 6) is -0.383. The van der Waals surface area contributed by atoms with E-state index in [-0.39, 0.29) is 18.8 Å². The van der Waals surface area contributed by atoms with Crippen LogP contribution in [0, 0.1) is 0 Å². The fourth-order valence-electron chi connectivity index (χ4n) is 2.24. The lowest BCUT2D eigenvalue weighted by atomic mass is 10.1. The van der Waals surface area contributed by atoms with E-state index in [9.17, 15) is 13.6 Å². The van der Waals surface area contributed by atoms with Crippen molar-refractivity contribution in [3.8, 4) is 5.75 Å². The highest BCUT2D eigenvalue weighted by atomic mass is 32.1. The molecular formula is C19H16F2N2O3S. The Morgan fingerprint density at radius 3 is 2.56 bits per heavy atom. The molecule has 3 rings (SSSR count). The molecule has 0 aliphatic rings. The Labute approximate surface area is 158 Å². The molecule has 0 unspecified atom stereocenters. The van der Waals surface area contributed by atoms with Crippen LogP contribution in [0.5, 0.6) is 5.75 Å². The Balaban J connectivity index is 1.46. The third-order valence-corrected chi connectivity index (χ3v) is 4.26. The van der Waals surface area contributed by atoms with E-state index in [4.69, 9.17) is 4.74 Å². The molecule has 8 heteroatoms. The van der Waals surface area contributed by atoms with Crippen LogP contribution >= 0.6 is 11.3 Å². The van der Waals surface area contributed by atoms with Gasteiger partial charge in [-0.3, -0.25) is 4.79 Å². The first-order valence-corrected chi connectivity index (χ1v) is 8.92. The number of thiazole rings is 1. The number of alkyl halides is 2. The minimum absolute atomic E-state index is 0.0359. The van der Waals surface area contributed by atoms with Crippen molar-refractivity contribution in [2.24, 2.45) is 0 Å². The van der Waals surface area contributed by atoms with Gasteiger partial charge in [-0.2, -0.15) is 8.78 Å². The second-order valence-electron chi connectivity index (χ2n) is 5.49. The average molecular weight is 390 g/mol. The van der Waals surface area contributed by atoms with Gasteiger partial charge < -0.3 is 14.8 Å². The molecule has 1 N–H and O–H groups in total. The first-order chi connectivity index (χ1) is 13.1.